The van der Waals surface area contributed by atoms with Crippen molar-refractivity contribution in [1.29, 1.82) is 0 Å². The Hall–Kier alpha value is -3.33. The molecule has 1 aliphatic rings. The summed E-state index contributed by atoms with van der Waals surface area (Å²) < 4.78 is 10.2. The van der Waals surface area contributed by atoms with E-state index in [1.54, 1.807) is 30.3 Å². The summed E-state index contributed by atoms with van der Waals surface area (Å²) in [5, 5.41) is 8.77. The molecule has 0 radical (unpaired) electrons. The van der Waals surface area contributed by atoms with Crippen molar-refractivity contribution in [2.45, 2.75) is 58.1 Å². The van der Waals surface area contributed by atoms with Gasteiger partial charge in [-0.05, 0) is 37.5 Å². The molecule has 0 spiro atoms. The molecule has 9 nitrogen and oxygen atoms in total. The number of hydrogen-bond donors (Lipinski definition) is 1. The predicted molar refractivity (Wildman–Crippen MR) is 121 cm³/mol. The number of esters is 1. The Morgan fingerprint density at radius 2 is 1.79 bits per heavy atom. The highest BCUT2D eigenvalue weighted by Gasteiger charge is 2.44. The Kier molecular flexibility index (Phi) is 10.6. The number of aliphatic hydroxyl groups excluding tert-OH is 1. The van der Waals surface area contributed by atoms with Gasteiger partial charge in [-0.3, -0.25) is 19.2 Å². The normalized spacial score (nSPS) is 17.3. The SMILES string of the molecule is CC(=O)O[C@@H](C(=O)C=CC(=O)CCCCCCO)[C@@H](C)C(=O)N1C(=O)OC[C@H]1c1ccccc1. The first-order valence-corrected chi connectivity index (χ1v) is 11.3. The minimum Gasteiger partial charge on any atom is -0.453 e. The molecule has 34 heavy (non-hydrogen) atoms. The van der Waals surface area contributed by atoms with Gasteiger partial charge in [-0.2, -0.15) is 0 Å². The van der Waals surface area contributed by atoms with Crippen LogP contribution < -0.4 is 0 Å². The van der Waals surface area contributed by atoms with Crippen LogP contribution in [-0.4, -0.2) is 58.9 Å². The molecule has 1 fully saturated rings. The molecule has 1 aromatic carbocycles. The molecule has 9 heteroatoms. The minimum absolute atomic E-state index is 0.0276. The van der Waals surface area contributed by atoms with E-state index in [1.807, 2.05) is 0 Å². The number of carbonyl (C=O) groups excluding carboxylic acids is 5. The first-order valence-electron chi connectivity index (χ1n) is 11.3. The molecule has 3 atom stereocenters. The van der Waals surface area contributed by atoms with Gasteiger partial charge in [0, 0.05) is 20.0 Å². The summed E-state index contributed by atoms with van der Waals surface area (Å²) in [5.74, 6) is -3.69. The number of ketones is 2. The van der Waals surface area contributed by atoms with Crippen molar-refractivity contribution in [3.05, 3.63) is 48.0 Å². The zero-order valence-electron chi connectivity index (χ0n) is 19.5. The van der Waals surface area contributed by atoms with Crippen LogP contribution in [0.2, 0.25) is 0 Å². The van der Waals surface area contributed by atoms with Gasteiger partial charge in [-0.15, -0.1) is 0 Å². The van der Waals surface area contributed by atoms with Crippen molar-refractivity contribution < 1.29 is 38.6 Å². The molecule has 1 aromatic rings. The maximum Gasteiger partial charge on any atom is 0.417 e. The van der Waals surface area contributed by atoms with Crippen LogP contribution in [0.25, 0.3) is 0 Å². The second-order valence-corrected chi connectivity index (χ2v) is 8.12. The first kappa shape index (κ1) is 26.9. The molecule has 184 valence electrons. The largest absolute Gasteiger partial charge is 0.453 e. The van der Waals surface area contributed by atoms with Gasteiger partial charge in [0.15, 0.2) is 17.7 Å². The van der Waals surface area contributed by atoms with E-state index < -0.39 is 41.8 Å². The van der Waals surface area contributed by atoms with Gasteiger partial charge >= 0.3 is 12.1 Å². The molecule has 0 aromatic heterocycles. The van der Waals surface area contributed by atoms with Crippen LogP contribution >= 0.6 is 0 Å². The number of aliphatic hydroxyl groups is 1. The third-order valence-electron chi connectivity index (χ3n) is 5.48. The summed E-state index contributed by atoms with van der Waals surface area (Å²) >= 11 is 0. The summed E-state index contributed by atoms with van der Waals surface area (Å²) in [5.41, 5.74) is 0.689. The first-order chi connectivity index (χ1) is 16.3. The molecule has 1 saturated heterocycles. The van der Waals surface area contributed by atoms with Crippen LogP contribution in [0.15, 0.2) is 42.5 Å². The number of amides is 2. The highest BCUT2D eigenvalue weighted by atomic mass is 16.6. The van der Waals surface area contributed by atoms with Crippen LogP contribution in [0, 0.1) is 5.92 Å². The van der Waals surface area contributed by atoms with Crippen LogP contribution in [0.1, 0.15) is 57.6 Å². The lowest BCUT2D eigenvalue weighted by Gasteiger charge is -2.26. The summed E-state index contributed by atoms with van der Waals surface area (Å²) in [7, 11) is 0. The smallest absolute Gasteiger partial charge is 0.417 e. The summed E-state index contributed by atoms with van der Waals surface area (Å²) in [6.45, 7) is 2.58. The van der Waals surface area contributed by atoms with E-state index in [0.717, 1.165) is 36.8 Å². The molecule has 1 aliphatic heterocycles. The van der Waals surface area contributed by atoms with Gasteiger partial charge in [0.25, 0.3) is 0 Å². The Balaban J connectivity index is 2.10. The Bertz CT molecular complexity index is 911. The Morgan fingerprint density at radius 3 is 2.44 bits per heavy atom. The van der Waals surface area contributed by atoms with E-state index in [2.05, 4.69) is 0 Å². The van der Waals surface area contributed by atoms with Gasteiger partial charge in [0.2, 0.25) is 5.91 Å². The average molecular weight is 474 g/mol. The van der Waals surface area contributed by atoms with Crippen molar-refractivity contribution in [2.24, 2.45) is 5.92 Å². The molecule has 0 saturated carbocycles. The monoisotopic (exact) mass is 473 g/mol. The van der Waals surface area contributed by atoms with Crippen molar-refractivity contribution in [3.8, 4) is 0 Å². The van der Waals surface area contributed by atoms with E-state index in [0.29, 0.717) is 18.4 Å². The highest BCUT2D eigenvalue weighted by molar-refractivity contribution is 6.04. The summed E-state index contributed by atoms with van der Waals surface area (Å²) in [4.78, 5) is 62.9. The molecule has 1 N–H and O–H groups in total. The number of cyclic esters (lactones) is 1. The van der Waals surface area contributed by atoms with Crippen LogP contribution in [0.5, 0.6) is 0 Å². The van der Waals surface area contributed by atoms with E-state index in [9.17, 15) is 24.0 Å². The van der Waals surface area contributed by atoms with Gasteiger partial charge in [-0.1, -0.05) is 43.2 Å². The summed E-state index contributed by atoms with van der Waals surface area (Å²) in [6, 6.07) is 8.18. The van der Waals surface area contributed by atoms with Gasteiger partial charge in [0.05, 0.1) is 5.92 Å². The fraction of sp³-hybridized carbons (Fsp3) is 0.480. The van der Waals surface area contributed by atoms with Gasteiger partial charge in [-0.25, -0.2) is 9.69 Å². The molecule has 2 amide bonds. The Labute approximate surface area is 198 Å². The number of carbonyl (C=O) groups is 5. The number of imide groups is 1. The van der Waals surface area contributed by atoms with E-state index in [1.165, 1.54) is 6.92 Å². The number of rotatable bonds is 13. The second-order valence-electron chi connectivity index (χ2n) is 8.12. The van der Waals surface area contributed by atoms with Crippen LogP contribution in [0.4, 0.5) is 4.79 Å². The topological polar surface area (TPSA) is 127 Å². The number of ether oxygens (including phenoxy) is 2. The zero-order chi connectivity index (χ0) is 25.1. The summed E-state index contributed by atoms with van der Waals surface area (Å²) in [6.07, 6.45) is 2.90. The van der Waals surface area contributed by atoms with Crippen LogP contribution in [-0.2, 0) is 28.7 Å². The molecule has 0 aliphatic carbocycles. The number of benzene rings is 1. The molecular weight excluding hydrogens is 442 g/mol. The molecule has 1 heterocycles. The van der Waals surface area contributed by atoms with E-state index in [-0.39, 0.29) is 25.4 Å². The maximum absolute atomic E-state index is 13.2. The lowest BCUT2D eigenvalue weighted by Crippen LogP contribution is -2.45. The van der Waals surface area contributed by atoms with Crippen molar-refractivity contribution >= 4 is 29.5 Å². The van der Waals surface area contributed by atoms with Gasteiger partial charge < -0.3 is 14.6 Å². The number of unbranched alkanes of at least 4 members (excludes halogenated alkanes) is 3. The van der Waals surface area contributed by atoms with Crippen molar-refractivity contribution in [1.82, 2.24) is 4.90 Å². The third kappa shape index (κ3) is 7.62. The standard InChI is InChI=1S/C25H31NO8/c1-17(24(31)26-21(16-33-25(26)32)19-10-6-5-7-11-19)23(34-18(2)28)22(30)14-13-20(29)12-8-3-4-9-15-27/h5-7,10-11,13-14,17,21,23,27H,3-4,8-9,12,15-16H2,1-2H3/t17-,21+,23-/m1/s1. The van der Waals surface area contributed by atoms with E-state index in [4.69, 9.17) is 14.6 Å². The maximum atomic E-state index is 13.2. The molecular formula is C25H31NO8. The molecule has 2 rings (SSSR count). The third-order valence-corrected chi connectivity index (χ3v) is 5.48. The average Bonchev–Trinajstić information content (AvgIpc) is 3.21. The number of hydrogen-bond acceptors (Lipinski definition) is 8. The number of allylic oxidation sites excluding steroid dienone is 1. The van der Waals surface area contributed by atoms with Gasteiger partial charge in [0.1, 0.15) is 12.6 Å². The predicted octanol–water partition coefficient (Wildman–Crippen LogP) is 2.91. The number of nitrogens with zero attached hydrogens (tertiary/aromatic N) is 1. The molecule has 0 bridgehead atoms. The van der Waals surface area contributed by atoms with Crippen LogP contribution in [0.3, 0.4) is 0 Å². The second kappa shape index (κ2) is 13.4. The minimum atomic E-state index is -1.50. The zero-order valence-corrected chi connectivity index (χ0v) is 19.5. The fourth-order valence-corrected chi connectivity index (χ4v) is 3.64. The molecule has 0 unspecified atom stereocenters. The van der Waals surface area contributed by atoms with Crippen molar-refractivity contribution in [3.63, 3.8) is 0 Å². The lowest BCUT2D eigenvalue weighted by atomic mass is 9.96. The van der Waals surface area contributed by atoms with Crippen molar-refractivity contribution in [2.75, 3.05) is 13.2 Å². The Morgan fingerprint density at radius 1 is 1.12 bits per heavy atom. The highest BCUT2D eigenvalue weighted by Crippen LogP contribution is 2.30. The fourth-order valence-electron chi connectivity index (χ4n) is 3.64. The lowest BCUT2D eigenvalue weighted by molar-refractivity contribution is -0.158. The quantitative estimate of drug-likeness (QED) is 0.263. The van der Waals surface area contributed by atoms with E-state index >= 15 is 0 Å².